The van der Waals surface area contributed by atoms with Gasteiger partial charge in [0.2, 0.25) is 17.7 Å². The Morgan fingerprint density at radius 1 is 0.831 bits per heavy atom. The summed E-state index contributed by atoms with van der Waals surface area (Å²) in [5.74, 6) is -6.78. The largest absolute Gasteiger partial charge is 0.480 e. The highest BCUT2D eigenvalue weighted by atomic mass is 35.5. The lowest BCUT2D eigenvalue weighted by atomic mass is 10.1. The second-order valence-corrected chi connectivity index (χ2v) is 14.3. The monoisotopic (exact) mass is 864 g/mol. The molecule has 0 fully saturated rings. The van der Waals surface area contributed by atoms with E-state index in [1.807, 2.05) is 0 Å². The molecule has 3 heterocycles. The Kier molecular flexibility index (Phi) is 17.3. The summed E-state index contributed by atoms with van der Waals surface area (Å²) < 4.78 is 4.22. The van der Waals surface area contributed by atoms with Gasteiger partial charge in [-0.1, -0.05) is 0 Å². The average molecular weight is 865 g/mol. The number of anilines is 3. The van der Waals surface area contributed by atoms with Crippen LogP contribution < -0.4 is 49.1 Å². The number of aliphatic carboxylic acids is 2. The first kappa shape index (κ1) is 46.8. The third-order valence-corrected chi connectivity index (χ3v) is 9.62. The Morgan fingerprint density at radius 3 is 2.00 bits per heavy atom. The molecular weight excluding hydrogens is 820 g/mol. The molecule has 24 nitrogen and oxygen atoms in total. The molecule has 3 rings (SSSR count). The Hall–Kier alpha value is -6.60. The van der Waals surface area contributed by atoms with E-state index in [1.165, 1.54) is 45.3 Å². The number of alkyl halides is 1. The highest BCUT2D eigenvalue weighted by Gasteiger charge is 2.25. The number of nitrogens with one attached hydrogen (secondary N) is 6. The second-order valence-electron chi connectivity index (χ2n) is 12.7. The van der Waals surface area contributed by atoms with E-state index in [1.54, 1.807) is 20.3 Å². The summed E-state index contributed by atoms with van der Waals surface area (Å²) in [6.07, 6.45) is 2.52. The molecule has 0 bridgehead atoms. The zero-order chi connectivity index (χ0) is 44.0. The molecular formula is C33H45ClN14O10S. The summed E-state index contributed by atoms with van der Waals surface area (Å²) in [6, 6.07) is 1.66. The van der Waals surface area contributed by atoms with Gasteiger partial charge in [0.05, 0.1) is 17.9 Å². The molecule has 0 radical (unpaired) electrons. The number of aryl methyl sites for hydroxylation is 3. The summed E-state index contributed by atoms with van der Waals surface area (Å²) in [4.78, 5) is 102. The molecule has 6 amide bonds. The van der Waals surface area contributed by atoms with Crippen molar-refractivity contribution < 1.29 is 48.6 Å². The molecule has 0 spiro atoms. The first-order valence-corrected chi connectivity index (χ1v) is 19.0. The third-order valence-electron chi connectivity index (χ3n) is 7.94. The topological polar surface area (TPSA) is 367 Å². The molecule has 320 valence electrons. The SMILES string of the molecule is Cn1cc(NC(=O)c2cc(NC(=O)c3cc(NC(=O)C(Cl)CSCC(NC(=O)CCC(N)C(=O)O)C(=O)NCC(=O)O)nn3C)cn2C)cc1C(=O)NCCN=C(N)N. The number of rotatable bonds is 22. The van der Waals surface area contributed by atoms with E-state index in [2.05, 4.69) is 42.0 Å². The Balaban J connectivity index is 1.55. The number of hydrogen-bond acceptors (Lipinski definition) is 12. The summed E-state index contributed by atoms with van der Waals surface area (Å²) >= 11 is 7.27. The fraction of sp³-hybridized carbons (Fsp3) is 0.394. The number of amides is 6. The van der Waals surface area contributed by atoms with Gasteiger partial charge in [-0.2, -0.15) is 16.9 Å². The highest BCUT2D eigenvalue weighted by Crippen LogP contribution is 2.20. The molecule has 3 aromatic heterocycles. The lowest BCUT2D eigenvalue weighted by molar-refractivity contribution is -0.139. The van der Waals surface area contributed by atoms with E-state index < -0.39 is 71.4 Å². The van der Waals surface area contributed by atoms with Crippen LogP contribution in [0, 0.1) is 0 Å². The van der Waals surface area contributed by atoms with E-state index in [9.17, 15) is 38.4 Å². The van der Waals surface area contributed by atoms with Gasteiger partial charge in [-0.25, -0.2) is 0 Å². The Labute approximate surface area is 345 Å². The zero-order valence-corrected chi connectivity index (χ0v) is 33.6. The number of thioether (sulfide) groups is 1. The lowest BCUT2D eigenvalue weighted by Crippen LogP contribution is -2.49. The molecule has 26 heteroatoms. The van der Waals surface area contributed by atoms with Crippen molar-refractivity contribution in [3.8, 4) is 0 Å². The van der Waals surface area contributed by atoms with Crippen LogP contribution in [0.1, 0.15) is 44.3 Å². The van der Waals surface area contributed by atoms with Gasteiger partial charge < -0.3 is 68.4 Å². The van der Waals surface area contributed by atoms with Crippen molar-refractivity contribution in [1.29, 1.82) is 0 Å². The number of carboxylic acids is 2. The van der Waals surface area contributed by atoms with Crippen molar-refractivity contribution in [3.63, 3.8) is 0 Å². The van der Waals surface area contributed by atoms with Crippen LogP contribution in [-0.4, -0.2) is 131 Å². The van der Waals surface area contributed by atoms with Crippen LogP contribution in [0.5, 0.6) is 0 Å². The molecule has 14 N–H and O–H groups in total. The number of nitrogens with two attached hydrogens (primary N) is 3. The van der Waals surface area contributed by atoms with Crippen LogP contribution in [0.3, 0.4) is 0 Å². The summed E-state index contributed by atoms with van der Waals surface area (Å²) in [5, 5.41) is 35.8. The maximum Gasteiger partial charge on any atom is 0.322 e. The van der Waals surface area contributed by atoms with Gasteiger partial charge in [0.15, 0.2) is 11.8 Å². The standard InChI is InChI=1S/C33H45ClN14O10S/c1-46-12-16(8-21(46)29(54)38-6-7-39-33(36)37)41-30(55)22-9-17(13-47(22)2)42-31(56)23-10-24(45-48(23)3)44-27(52)18(34)14-59-15-20(28(53)40-11-26(50)51)43-25(49)5-4-19(35)32(57)58/h8-10,12-13,18-20H,4-7,11,14-15,35H2,1-3H3,(H,38,54)(H,40,53)(H,41,55)(H,42,56)(H,43,49)(H,50,51)(H,57,58)(H4,36,37,39)(H,44,45,52). The average Bonchev–Trinajstić information content (AvgIpc) is 3.84. The van der Waals surface area contributed by atoms with Gasteiger partial charge in [-0.15, -0.1) is 11.6 Å². The fourth-order valence-corrected chi connectivity index (χ4v) is 6.29. The summed E-state index contributed by atoms with van der Waals surface area (Å²) in [6.45, 7) is -0.339. The van der Waals surface area contributed by atoms with Gasteiger partial charge >= 0.3 is 11.9 Å². The number of hydrogen-bond donors (Lipinski definition) is 11. The van der Waals surface area contributed by atoms with Crippen LogP contribution in [0.25, 0.3) is 0 Å². The van der Waals surface area contributed by atoms with E-state index in [4.69, 9.17) is 39.0 Å². The number of carboxylic acid groups (broad SMARTS) is 2. The van der Waals surface area contributed by atoms with Crippen LogP contribution in [0.4, 0.5) is 17.2 Å². The smallest absolute Gasteiger partial charge is 0.322 e. The van der Waals surface area contributed by atoms with Crippen LogP contribution in [-0.2, 0) is 45.1 Å². The van der Waals surface area contributed by atoms with Gasteiger partial charge in [0.1, 0.15) is 41.1 Å². The first-order valence-electron chi connectivity index (χ1n) is 17.4. The number of guanidine groups is 1. The Bertz CT molecular complexity index is 2090. The van der Waals surface area contributed by atoms with Crippen molar-refractivity contribution in [2.24, 2.45) is 43.3 Å². The van der Waals surface area contributed by atoms with E-state index >= 15 is 0 Å². The number of aromatic nitrogens is 4. The quantitative estimate of drug-likeness (QED) is 0.0220. The van der Waals surface area contributed by atoms with E-state index in [0.29, 0.717) is 5.69 Å². The molecule has 3 atom stereocenters. The highest BCUT2D eigenvalue weighted by molar-refractivity contribution is 7.99. The van der Waals surface area contributed by atoms with E-state index in [0.717, 1.165) is 11.8 Å². The van der Waals surface area contributed by atoms with Gasteiger partial charge in [0, 0.05) is 64.1 Å². The number of carbonyl (C=O) groups excluding carboxylic acids is 6. The fourth-order valence-electron chi connectivity index (χ4n) is 5.01. The Morgan fingerprint density at radius 2 is 1.42 bits per heavy atom. The number of nitrogens with zero attached hydrogens (tertiary/aromatic N) is 5. The molecule has 0 aromatic carbocycles. The maximum atomic E-state index is 13.2. The van der Waals surface area contributed by atoms with Crippen molar-refractivity contribution >= 4 is 93.9 Å². The van der Waals surface area contributed by atoms with Crippen molar-refractivity contribution in [3.05, 3.63) is 47.7 Å². The molecule has 59 heavy (non-hydrogen) atoms. The maximum absolute atomic E-state index is 13.2. The summed E-state index contributed by atoms with van der Waals surface area (Å²) in [7, 11) is 4.68. The first-order chi connectivity index (χ1) is 27.7. The molecule has 3 unspecified atom stereocenters. The van der Waals surface area contributed by atoms with Crippen LogP contribution >= 0.6 is 23.4 Å². The molecule has 0 aliphatic heterocycles. The minimum atomic E-state index is -1.33. The van der Waals surface area contributed by atoms with E-state index in [-0.39, 0.29) is 72.0 Å². The van der Waals surface area contributed by atoms with Crippen molar-refractivity contribution in [2.75, 3.05) is 47.1 Å². The molecule has 0 aliphatic carbocycles. The minimum absolute atomic E-state index is 0.0196. The number of aliphatic imine (C=N–C) groups is 1. The van der Waals surface area contributed by atoms with Crippen LogP contribution in [0.15, 0.2) is 35.6 Å². The number of halogens is 1. The summed E-state index contributed by atoms with van der Waals surface area (Å²) in [5.41, 5.74) is 17.0. The third kappa shape index (κ3) is 14.7. The van der Waals surface area contributed by atoms with Gasteiger partial charge in [-0.05, 0) is 18.6 Å². The number of carbonyl (C=O) groups is 8. The van der Waals surface area contributed by atoms with Gasteiger partial charge in [0.25, 0.3) is 17.7 Å². The predicted octanol–water partition coefficient (Wildman–Crippen LogP) is -2.24. The molecule has 0 saturated carbocycles. The van der Waals surface area contributed by atoms with Gasteiger partial charge in [-0.3, -0.25) is 48.0 Å². The molecule has 0 aliphatic rings. The lowest BCUT2D eigenvalue weighted by Gasteiger charge is -2.19. The molecule has 0 saturated heterocycles. The normalized spacial score (nSPS) is 12.3. The zero-order valence-electron chi connectivity index (χ0n) is 32.0. The van der Waals surface area contributed by atoms with Crippen LogP contribution in [0.2, 0.25) is 0 Å². The second kappa shape index (κ2) is 21.8. The predicted molar refractivity (Wildman–Crippen MR) is 216 cm³/mol. The van der Waals surface area contributed by atoms with Crippen molar-refractivity contribution in [2.45, 2.75) is 30.3 Å². The molecule has 3 aromatic rings. The minimum Gasteiger partial charge on any atom is -0.480 e. The van der Waals surface area contributed by atoms with Crippen molar-refractivity contribution in [1.82, 2.24) is 34.9 Å².